The van der Waals surface area contributed by atoms with Crippen molar-refractivity contribution in [1.29, 1.82) is 0 Å². The molecule has 0 aliphatic carbocycles. The Balaban J connectivity index is 1.36. The Morgan fingerprint density at radius 2 is 1.83 bits per heavy atom. The number of para-hydroxylation sites is 2. The Labute approximate surface area is 170 Å². The summed E-state index contributed by atoms with van der Waals surface area (Å²) in [7, 11) is 0. The average Bonchev–Trinajstić information content (AvgIpc) is 2.77. The van der Waals surface area contributed by atoms with E-state index in [9.17, 15) is 4.79 Å². The van der Waals surface area contributed by atoms with E-state index in [1.54, 1.807) is 0 Å². The molecule has 3 aromatic rings. The predicted molar refractivity (Wildman–Crippen MR) is 112 cm³/mol. The number of carbonyl (C=O) groups is 1. The molecule has 2 unspecified atom stereocenters. The van der Waals surface area contributed by atoms with E-state index in [0.29, 0.717) is 6.61 Å². The summed E-state index contributed by atoms with van der Waals surface area (Å²) in [5.41, 5.74) is 4.91. The molecule has 29 heavy (non-hydrogen) atoms. The fourth-order valence-corrected chi connectivity index (χ4v) is 4.41. The third-order valence-electron chi connectivity index (χ3n) is 5.83. The first-order chi connectivity index (χ1) is 14.3. The minimum atomic E-state index is -0.219. The van der Waals surface area contributed by atoms with Gasteiger partial charge < -0.3 is 4.74 Å². The molecular weight excluding hydrogens is 362 g/mol. The van der Waals surface area contributed by atoms with E-state index in [2.05, 4.69) is 11.1 Å². The zero-order valence-electron chi connectivity index (χ0n) is 16.2. The minimum Gasteiger partial charge on any atom is -0.445 e. The van der Waals surface area contributed by atoms with Gasteiger partial charge in [-0.05, 0) is 49.0 Å². The molecule has 2 aliphatic rings. The summed E-state index contributed by atoms with van der Waals surface area (Å²) in [6.45, 7) is 0.308. The summed E-state index contributed by atoms with van der Waals surface area (Å²) in [4.78, 5) is 24.1. The summed E-state index contributed by atoms with van der Waals surface area (Å²) in [5, 5.41) is 0. The maximum absolute atomic E-state index is 12.8. The number of ether oxygens (including phenoxy) is 1. The molecule has 5 nitrogen and oxygen atoms in total. The maximum atomic E-state index is 12.8. The van der Waals surface area contributed by atoms with E-state index < -0.39 is 0 Å². The Hall–Kier alpha value is -3.21. The molecule has 1 saturated heterocycles. The van der Waals surface area contributed by atoms with Gasteiger partial charge in [0.2, 0.25) is 0 Å². The van der Waals surface area contributed by atoms with Gasteiger partial charge in [-0.2, -0.15) is 0 Å². The summed E-state index contributed by atoms with van der Waals surface area (Å²) < 4.78 is 5.63. The number of hydrogen-bond donors (Lipinski definition) is 0. The van der Waals surface area contributed by atoms with E-state index in [1.807, 2.05) is 65.7 Å². The Bertz CT molecular complexity index is 1060. The highest BCUT2D eigenvalue weighted by Gasteiger charge is 2.38. The Morgan fingerprint density at radius 3 is 2.66 bits per heavy atom. The van der Waals surface area contributed by atoms with Gasteiger partial charge in [0.25, 0.3) is 0 Å². The summed E-state index contributed by atoms with van der Waals surface area (Å²) >= 11 is 0. The molecule has 146 valence electrons. The van der Waals surface area contributed by atoms with Gasteiger partial charge >= 0.3 is 6.09 Å². The molecule has 5 heteroatoms. The van der Waals surface area contributed by atoms with Crippen LogP contribution in [0.3, 0.4) is 0 Å². The van der Waals surface area contributed by atoms with Crippen LogP contribution < -0.4 is 0 Å². The molecule has 1 fully saturated rings. The molecule has 0 N–H and O–H groups in total. The van der Waals surface area contributed by atoms with Crippen molar-refractivity contribution < 1.29 is 9.53 Å². The monoisotopic (exact) mass is 385 g/mol. The first-order valence-corrected chi connectivity index (χ1v) is 10.2. The lowest BCUT2D eigenvalue weighted by Gasteiger charge is -2.44. The van der Waals surface area contributed by atoms with Crippen LogP contribution in [-0.4, -0.2) is 33.0 Å². The van der Waals surface area contributed by atoms with Crippen molar-refractivity contribution in [2.45, 2.75) is 44.4 Å². The number of carbonyl (C=O) groups excluding carboxylic acids is 1. The Kier molecular flexibility index (Phi) is 4.72. The normalized spacial score (nSPS) is 21.0. The third-order valence-corrected chi connectivity index (χ3v) is 5.83. The average molecular weight is 385 g/mol. The van der Waals surface area contributed by atoms with Crippen LogP contribution in [0.5, 0.6) is 0 Å². The van der Waals surface area contributed by atoms with Crippen molar-refractivity contribution in [2.75, 3.05) is 0 Å². The number of piperidine rings is 1. The lowest BCUT2D eigenvalue weighted by molar-refractivity contribution is 0.0510. The van der Waals surface area contributed by atoms with Crippen LogP contribution in [0.15, 0.2) is 66.9 Å². The van der Waals surface area contributed by atoms with E-state index in [1.165, 1.54) is 5.57 Å². The number of amides is 1. The number of nitrogens with zero attached hydrogens (tertiary/aromatic N) is 3. The van der Waals surface area contributed by atoms with Gasteiger partial charge in [-0.1, -0.05) is 48.5 Å². The number of aromatic nitrogens is 2. The largest absolute Gasteiger partial charge is 0.445 e. The van der Waals surface area contributed by atoms with Crippen molar-refractivity contribution in [3.63, 3.8) is 0 Å². The molecule has 1 amide bonds. The van der Waals surface area contributed by atoms with Crippen LogP contribution in [-0.2, 0) is 11.3 Å². The van der Waals surface area contributed by atoms with E-state index in [0.717, 1.165) is 48.0 Å². The van der Waals surface area contributed by atoms with Gasteiger partial charge in [-0.15, -0.1) is 0 Å². The topological polar surface area (TPSA) is 55.3 Å². The second-order valence-corrected chi connectivity index (χ2v) is 7.74. The van der Waals surface area contributed by atoms with Crippen molar-refractivity contribution in [3.8, 4) is 0 Å². The highest BCUT2D eigenvalue weighted by atomic mass is 16.6. The summed E-state index contributed by atoms with van der Waals surface area (Å²) in [5.74, 6) is 0. The minimum absolute atomic E-state index is 0.0639. The molecule has 0 spiro atoms. The molecule has 0 saturated carbocycles. The molecule has 2 atom stereocenters. The molecular formula is C24H23N3O2. The van der Waals surface area contributed by atoms with Gasteiger partial charge in [-0.3, -0.25) is 9.88 Å². The number of hydrogen-bond acceptors (Lipinski definition) is 4. The molecule has 0 radical (unpaired) electrons. The molecule has 2 bridgehead atoms. The van der Waals surface area contributed by atoms with Crippen molar-refractivity contribution in [3.05, 3.63) is 78.1 Å². The van der Waals surface area contributed by atoms with Gasteiger partial charge in [-0.25, -0.2) is 9.78 Å². The zero-order valence-corrected chi connectivity index (χ0v) is 16.2. The van der Waals surface area contributed by atoms with Crippen molar-refractivity contribution >= 4 is 22.7 Å². The van der Waals surface area contributed by atoms with E-state index in [4.69, 9.17) is 9.72 Å². The van der Waals surface area contributed by atoms with Crippen LogP contribution in [0.25, 0.3) is 16.6 Å². The standard InChI is InChI=1S/C24H23N3O2/c28-24(29-16-17-7-2-1-3-8-17)27-19-9-6-10-20(27)14-18(13-19)23-15-25-21-11-4-5-12-22(21)26-23/h1-5,7-8,11-13,15,19-20H,6,9-10,14,16H2. The highest BCUT2D eigenvalue weighted by Crippen LogP contribution is 2.37. The highest BCUT2D eigenvalue weighted by molar-refractivity contribution is 5.78. The molecule has 1 aromatic heterocycles. The summed E-state index contributed by atoms with van der Waals surface area (Å²) in [6, 6.07) is 18.0. The van der Waals surface area contributed by atoms with Crippen LogP contribution in [0, 0.1) is 0 Å². The van der Waals surface area contributed by atoms with Crippen molar-refractivity contribution in [1.82, 2.24) is 14.9 Å². The number of benzene rings is 2. The smallest absolute Gasteiger partial charge is 0.410 e. The molecule has 5 rings (SSSR count). The quantitative estimate of drug-likeness (QED) is 0.638. The van der Waals surface area contributed by atoms with Gasteiger partial charge in [0.1, 0.15) is 6.61 Å². The Morgan fingerprint density at radius 1 is 1.03 bits per heavy atom. The lowest BCUT2D eigenvalue weighted by Crippen LogP contribution is -2.51. The van der Waals surface area contributed by atoms with E-state index in [-0.39, 0.29) is 18.2 Å². The van der Waals surface area contributed by atoms with Crippen LogP contribution in [0.2, 0.25) is 0 Å². The van der Waals surface area contributed by atoms with Crippen molar-refractivity contribution in [2.24, 2.45) is 0 Å². The van der Waals surface area contributed by atoms with Gasteiger partial charge in [0.15, 0.2) is 0 Å². The van der Waals surface area contributed by atoms with E-state index >= 15 is 0 Å². The fourth-order valence-electron chi connectivity index (χ4n) is 4.41. The first kappa shape index (κ1) is 17.9. The van der Waals surface area contributed by atoms with Gasteiger partial charge in [0, 0.05) is 6.04 Å². The number of rotatable bonds is 3. The molecule has 3 heterocycles. The second kappa shape index (κ2) is 7.66. The SMILES string of the molecule is O=C(OCc1ccccc1)N1C2C=C(c3cnc4ccccc4n3)CC1CCC2. The molecule has 2 aliphatic heterocycles. The van der Waals surface area contributed by atoms with Crippen LogP contribution in [0.4, 0.5) is 4.79 Å². The fraction of sp³-hybridized carbons (Fsp3) is 0.292. The summed E-state index contributed by atoms with van der Waals surface area (Å²) in [6.07, 6.45) is 7.71. The third kappa shape index (κ3) is 3.60. The maximum Gasteiger partial charge on any atom is 0.410 e. The van der Waals surface area contributed by atoms with Gasteiger partial charge in [0.05, 0.1) is 29.0 Å². The van der Waals surface area contributed by atoms with Crippen LogP contribution in [0.1, 0.15) is 36.9 Å². The lowest BCUT2D eigenvalue weighted by atomic mass is 9.84. The molecule has 2 aromatic carbocycles. The second-order valence-electron chi connectivity index (χ2n) is 7.74. The zero-order chi connectivity index (χ0) is 19.6. The van der Waals surface area contributed by atoms with Crippen LogP contribution >= 0.6 is 0 Å². The number of fused-ring (bicyclic) bond motifs is 3. The predicted octanol–water partition coefficient (Wildman–Crippen LogP) is 4.98. The first-order valence-electron chi connectivity index (χ1n) is 10.2.